The van der Waals surface area contributed by atoms with Gasteiger partial charge in [-0.1, -0.05) is 42.1 Å². The Morgan fingerprint density at radius 3 is 2.53 bits per heavy atom. The highest BCUT2D eigenvalue weighted by Crippen LogP contribution is 2.27. The Balaban J connectivity index is 2.33. The molecule has 0 bridgehead atoms. The molecule has 0 N–H and O–H groups in total. The average Bonchev–Trinajstić information content (AvgIpc) is 2.57. The molecular formula is C11H12N2OS. The van der Waals surface area contributed by atoms with E-state index in [-0.39, 0.29) is 11.9 Å². The van der Waals surface area contributed by atoms with Crippen LogP contribution in [0.1, 0.15) is 11.6 Å². The van der Waals surface area contributed by atoms with Crippen molar-refractivity contribution in [3.8, 4) is 0 Å². The molecule has 0 saturated heterocycles. The third kappa shape index (κ3) is 1.77. The molecule has 4 heteroatoms. The first-order valence-electron chi connectivity index (χ1n) is 4.68. The van der Waals surface area contributed by atoms with Crippen molar-refractivity contribution in [1.82, 2.24) is 4.90 Å². The molecule has 0 aliphatic carbocycles. The van der Waals surface area contributed by atoms with Crippen LogP contribution in [0.5, 0.6) is 0 Å². The minimum absolute atomic E-state index is 0.0468. The zero-order valence-corrected chi connectivity index (χ0v) is 9.49. The van der Waals surface area contributed by atoms with Crippen molar-refractivity contribution in [3.05, 3.63) is 35.9 Å². The summed E-state index contributed by atoms with van der Waals surface area (Å²) in [5, 5.41) is 0.786. The van der Waals surface area contributed by atoms with E-state index in [1.165, 1.54) is 11.8 Å². The summed E-state index contributed by atoms with van der Waals surface area (Å²) in [5.74, 6) is 0.0468. The predicted octanol–water partition coefficient (Wildman–Crippen LogP) is 1.92. The quantitative estimate of drug-likeness (QED) is 0.724. The lowest BCUT2D eigenvalue weighted by Crippen LogP contribution is -2.27. The zero-order chi connectivity index (χ0) is 10.8. The summed E-state index contributed by atoms with van der Waals surface area (Å²) < 4.78 is 0. The molecule has 1 aliphatic rings. The van der Waals surface area contributed by atoms with Crippen LogP contribution in [0.2, 0.25) is 0 Å². The van der Waals surface area contributed by atoms with E-state index in [9.17, 15) is 4.79 Å². The van der Waals surface area contributed by atoms with Crippen molar-refractivity contribution < 1.29 is 4.79 Å². The van der Waals surface area contributed by atoms with Gasteiger partial charge in [-0.15, -0.1) is 0 Å². The summed E-state index contributed by atoms with van der Waals surface area (Å²) in [6.45, 7) is 0. The fourth-order valence-electron chi connectivity index (χ4n) is 1.57. The molecule has 1 atom stereocenters. The first-order chi connectivity index (χ1) is 7.24. The van der Waals surface area contributed by atoms with Crippen molar-refractivity contribution in [3.63, 3.8) is 0 Å². The lowest BCUT2D eigenvalue weighted by atomic mass is 10.1. The van der Waals surface area contributed by atoms with Crippen LogP contribution in [0.25, 0.3) is 0 Å². The van der Waals surface area contributed by atoms with Gasteiger partial charge in [-0.05, 0) is 11.8 Å². The van der Waals surface area contributed by atoms with Gasteiger partial charge >= 0.3 is 0 Å². The minimum Gasteiger partial charge on any atom is -0.293 e. The molecule has 3 nitrogen and oxygen atoms in total. The molecule has 1 aromatic rings. The number of amides is 1. The normalized spacial score (nSPS) is 20.7. The molecule has 78 valence electrons. The maximum Gasteiger partial charge on any atom is 0.257 e. The van der Waals surface area contributed by atoms with Crippen LogP contribution >= 0.6 is 11.8 Å². The Bertz CT molecular complexity index is 402. The van der Waals surface area contributed by atoms with Crippen molar-refractivity contribution in [2.75, 3.05) is 13.3 Å². The maximum absolute atomic E-state index is 11.9. The molecule has 1 aliphatic heterocycles. The number of aliphatic imine (C=N–C) groups is 1. The van der Waals surface area contributed by atoms with Crippen molar-refractivity contribution >= 4 is 22.8 Å². The summed E-state index contributed by atoms with van der Waals surface area (Å²) in [5.41, 5.74) is 0.957. The minimum atomic E-state index is -0.348. The highest BCUT2D eigenvalue weighted by molar-refractivity contribution is 8.13. The van der Waals surface area contributed by atoms with Gasteiger partial charge in [0, 0.05) is 7.05 Å². The molecule has 1 amide bonds. The van der Waals surface area contributed by atoms with Crippen LogP contribution in [-0.4, -0.2) is 29.3 Å². The van der Waals surface area contributed by atoms with E-state index in [2.05, 4.69) is 4.99 Å². The van der Waals surface area contributed by atoms with Gasteiger partial charge in [0.05, 0.1) is 0 Å². The smallest absolute Gasteiger partial charge is 0.257 e. The van der Waals surface area contributed by atoms with Gasteiger partial charge < -0.3 is 0 Å². The number of amidine groups is 1. The number of likely N-dealkylation sites (N-methyl/N-ethyl adjacent to an activating group) is 1. The second-order valence-electron chi connectivity index (χ2n) is 3.33. The molecule has 0 spiro atoms. The highest BCUT2D eigenvalue weighted by atomic mass is 32.2. The summed E-state index contributed by atoms with van der Waals surface area (Å²) in [6.07, 6.45) is 1.93. The van der Waals surface area contributed by atoms with Crippen LogP contribution < -0.4 is 0 Å². The molecule has 1 aromatic carbocycles. The predicted molar refractivity (Wildman–Crippen MR) is 62.9 cm³/mol. The largest absolute Gasteiger partial charge is 0.293 e. The third-order valence-electron chi connectivity index (χ3n) is 2.39. The number of benzene rings is 1. The number of hydrogen-bond donors (Lipinski definition) is 0. The third-order valence-corrected chi connectivity index (χ3v) is 3.13. The second kappa shape index (κ2) is 4.06. The molecule has 0 fully saturated rings. The lowest BCUT2D eigenvalue weighted by Gasteiger charge is -2.10. The SMILES string of the molecule is CSC1=NC(c2ccccc2)C(=O)N1C. The molecular weight excluding hydrogens is 208 g/mol. The van der Waals surface area contributed by atoms with Gasteiger partial charge in [-0.25, -0.2) is 4.99 Å². The average molecular weight is 220 g/mol. The van der Waals surface area contributed by atoms with E-state index in [0.717, 1.165) is 10.7 Å². The lowest BCUT2D eigenvalue weighted by molar-refractivity contribution is -0.126. The molecule has 0 radical (unpaired) electrons. The number of hydrogen-bond acceptors (Lipinski definition) is 3. The summed E-state index contributed by atoms with van der Waals surface area (Å²) in [4.78, 5) is 17.9. The Morgan fingerprint density at radius 2 is 2.00 bits per heavy atom. The van der Waals surface area contributed by atoms with Gasteiger partial charge in [0.25, 0.3) is 5.91 Å². The number of nitrogens with zero attached hydrogens (tertiary/aromatic N) is 2. The second-order valence-corrected chi connectivity index (χ2v) is 4.10. The first-order valence-corrected chi connectivity index (χ1v) is 5.91. The standard InChI is InChI=1S/C11H12N2OS/c1-13-10(14)9(12-11(13)15-2)8-6-4-3-5-7-8/h3-7,9H,1-2H3. The van der Waals surface area contributed by atoms with Crippen LogP contribution in [0.15, 0.2) is 35.3 Å². The Morgan fingerprint density at radius 1 is 1.33 bits per heavy atom. The summed E-state index contributed by atoms with van der Waals surface area (Å²) >= 11 is 1.50. The van der Waals surface area contributed by atoms with Gasteiger partial charge in [0.15, 0.2) is 11.2 Å². The summed E-state index contributed by atoms with van der Waals surface area (Å²) in [7, 11) is 1.76. The van der Waals surface area contributed by atoms with Gasteiger partial charge in [0.2, 0.25) is 0 Å². The Labute approximate surface area is 93.2 Å². The zero-order valence-electron chi connectivity index (χ0n) is 8.68. The van der Waals surface area contributed by atoms with E-state index in [4.69, 9.17) is 0 Å². The van der Waals surface area contributed by atoms with E-state index >= 15 is 0 Å². The molecule has 0 saturated carbocycles. The van der Waals surface area contributed by atoms with Gasteiger partial charge in [-0.3, -0.25) is 9.69 Å². The van der Waals surface area contributed by atoms with E-state index < -0.39 is 0 Å². The van der Waals surface area contributed by atoms with Crippen LogP contribution in [0, 0.1) is 0 Å². The van der Waals surface area contributed by atoms with Gasteiger partial charge in [-0.2, -0.15) is 0 Å². The monoisotopic (exact) mass is 220 g/mol. The number of rotatable bonds is 1. The number of carbonyl (C=O) groups is 1. The Kier molecular flexibility index (Phi) is 2.77. The first kappa shape index (κ1) is 10.2. The van der Waals surface area contributed by atoms with Crippen LogP contribution in [0.3, 0.4) is 0 Å². The Hall–Kier alpha value is -1.29. The molecule has 15 heavy (non-hydrogen) atoms. The topological polar surface area (TPSA) is 32.7 Å². The fraction of sp³-hybridized carbons (Fsp3) is 0.273. The molecule has 0 aromatic heterocycles. The highest BCUT2D eigenvalue weighted by Gasteiger charge is 2.32. The molecule has 2 rings (SSSR count). The van der Waals surface area contributed by atoms with E-state index in [1.54, 1.807) is 11.9 Å². The van der Waals surface area contributed by atoms with Crippen LogP contribution in [0.4, 0.5) is 0 Å². The van der Waals surface area contributed by atoms with E-state index in [0.29, 0.717) is 0 Å². The van der Waals surface area contributed by atoms with Crippen LogP contribution in [-0.2, 0) is 4.79 Å². The van der Waals surface area contributed by atoms with Crippen molar-refractivity contribution in [2.24, 2.45) is 4.99 Å². The number of thioether (sulfide) groups is 1. The number of carbonyl (C=O) groups excluding carboxylic acids is 1. The maximum atomic E-state index is 11.9. The molecule has 1 heterocycles. The summed E-state index contributed by atoms with van der Waals surface area (Å²) in [6, 6.07) is 9.31. The van der Waals surface area contributed by atoms with Crippen molar-refractivity contribution in [2.45, 2.75) is 6.04 Å². The molecule has 1 unspecified atom stereocenters. The van der Waals surface area contributed by atoms with Gasteiger partial charge in [0.1, 0.15) is 0 Å². The van der Waals surface area contributed by atoms with E-state index in [1.807, 2.05) is 36.6 Å². The van der Waals surface area contributed by atoms with Crippen molar-refractivity contribution in [1.29, 1.82) is 0 Å². The fourth-order valence-corrected chi connectivity index (χ4v) is 2.15.